The number of carbonyl (C=O) groups is 1. The number of halogens is 1. The molecule has 0 aliphatic rings. The molecule has 0 unspecified atom stereocenters. The molecule has 0 bridgehead atoms. The van der Waals surface area contributed by atoms with E-state index >= 15 is 0 Å². The fraction of sp³-hybridized carbons (Fsp3) is 0.556. The summed E-state index contributed by atoms with van der Waals surface area (Å²) in [5, 5.41) is 7.39. The molecule has 78 valence electrons. The second-order valence-corrected chi connectivity index (χ2v) is 3.78. The Morgan fingerprint density at radius 2 is 2.43 bits per heavy atom. The second-order valence-electron chi connectivity index (χ2n) is 2.98. The fourth-order valence-corrected chi connectivity index (χ4v) is 1.67. The Morgan fingerprint density at radius 3 is 2.86 bits per heavy atom. The summed E-state index contributed by atoms with van der Waals surface area (Å²) in [5.41, 5.74) is 1.48. The Bertz CT molecular complexity index is 311. The van der Waals surface area contributed by atoms with Crippen LogP contribution < -0.4 is 0 Å². The lowest BCUT2D eigenvalue weighted by molar-refractivity contribution is 0.0774. The van der Waals surface area contributed by atoms with Crippen LogP contribution in [0, 0.1) is 6.92 Å². The summed E-state index contributed by atoms with van der Waals surface area (Å²) >= 11 is 3.32. The molecule has 14 heavy (non-hydrogen) atoms. The molecule has 0 spiro atoms. The number of alkyl halides is 1. The third-order valence-corrected chi connectivity index (χ3v) is 2.44. The van der Waals surface area contributed by atoms with Crippen LogP contribution in [0.15, 0.2) is 6.20 Å². The average molecular weight is 260 g/mol. The standard InChI is InChI=1S/C9H14BrN3O/c1-3-13(5-4-10)9(14)8-6-11-12-7(8)2/h6H,3-5H2,1-2H3,(H,11,12). The molecule has 1 heterocycles. The maximum atomic E-state index is 11.9. The number of nitrogens with zero attached hydrogens (tertiary/aromatic N) is 2. The fourth-order valence-electron chi connectivity index (χ4n) is 1.24. The number of hydrogen-bond acceptors (Lipinski definition) is 2. The van der Waals surface area contributed by atoms with Crippen LogP contribution in [-0.2, 0) is 0 Å². The molecule has 1 aromatic heterocycles. The normalized spacial score (nSPS) is 10.2. The number of aromatic amines is 1. The van der Waals surface area contributed by atoms with Crippen molar-refractivity contribution in [1.82, 2.24) is 15.1 Å². The number of nitrogens with one attached hydrogen (secondary N) is 1. The lowest BCUT2D eigenvalue weighted by atomic mass is 10.2. The van der Waals surface area contributed by atoms with Crippen LogP contribution in [0.4, 0.5) is 0 Å². The third kappa shape index (κ3) is 2.35. The number of H-pyrrole nitrogens is 1. The van der Waals surface area contributed by atoms with Gasteiger partial charge in [-0.2, -0.15) is 5.10 Å². The molecule has 0 fully saturated rings. The number of amides is 1. The lowest BCUT2D eigenvalue weighted by Gasteiger charge is -2.18. The quantitative estimate of drug-likeness (QED) is 0.835. The van der Waals surface area contributed by atoms with Crippen LogP contribution in [0.1, 0.15) is 23.0 Å². The van der Waals surface area contributed by atoms with Crippen LogP contribution >= 0.6 is 15.9 Å². The number of aromatic nitrogens is 2. The van der Waals surface area contributed by atoms with E-state index < -0.39 is 0 Å². The van der Waals surface area contributed by atoms with Crippen LogP contribution in [0.5, 0.6) is 0 Å². The predicted octanol–water partition coefficient (Wildman–Crippen LogP) is 1.58. The molecule has 1 aromatic rings. The van der Waals surface area contributed by atoms with Gasteiger partial charge in [0.25, 0.3) is 5.91 Å². The van der Waals surface area contributed by atoms with E-state index in [0.29, 0.717) is 5.56 Å². The van der Waals surface area contributed by atoms with Gasteiger partial charge in [0, 0.05) is 24.1 Å². The first-order valence-corrected chi connectivity index (χ1v) is 5.68. The number of aryl methyl sites for hydroxylation is 1. The molecule has 1 rings (SSSR count). The van der Waals surface area contributed by atoms with E-state index in [1.165, 1.54) is 0 Å². The SMILES string of the molecule is CCN(CCBr)C(=O)c1cn[nH]c1C. The molecule has 1 amide bonds. The lowest BCUT2D eigenvalue weighted by Crippen LogP contribution is -2.32. The molecule has 0 radical (unpaired) electrons. The van der Waals surface area contributed by atoms with Gasteiger partial charge in [-0.1, -0.05) is 15.9 Å². The molecule has 0 atom stereocenters. The molecule has 0 aliphatic carbocycles. The van der Waals surface area contributed by atoms with Crippen LogP contribution in [0.2, 0.25) is 0 Å². The van der Waals surface area contributed by atoms with Gasteiger partial charge in [0.1, 0.15) is 0 Å². The second kappa shape index (κ2) is 5.14. The highest BCUT2D eigenvalue weighted by molar-refractivity contribution is 9.09. The smallest absolute Gasteiger partial charge is 0.257 e. The zero-order valence-electron chi connectivity index (χ0n) is 8.38. The minimum Gasteiger partial charge on any atom is -0.338 e. The number of rotatable bonds is 4. The monoisotopic (exact) mass is 259 g/mol. The molecule has 1 N–H and O–H groups in total. The van der Waals surface area contributed by atoms with Gasteiger partial charge in [0.15, 0.2) is 0 Å². The zero-order valence-corrected chi connectivity index (χ0v) is 9.97. The molecule has 0 saturated heterocycles. The summed E-state index contributed by atoms with van der Waals surface area (Å²) < 4.78 is 0. The van der Waals surface area contributed by atoms with Crippen molar-refractivity contribution in [2.45, 2.75) is 13.8 Å². The van der Waals surface area contributed by atoms with Gasteiger partial charge in [-0.25, -0.2) is 0 Å². The summed E-state index contributed by atoms with van der Waals surface area (Å²) in [6.07, 6.45) is 1.58. The maximum Gasteiger partial charge on any atom is 0.257 e. The van der Waals surface area contributed by atoms with E-state index in [2.05, 4.69) is 26.1 Å². The van der Waals surface area contributed by atoms with E-state index in [1.54, 1.807) is 11.1 Å². The first kappa shape index (κ1) is 11.2. The Hall–Kier alpha value is -0.840. The predicted molar refractivity (Wildman–Crippen MR) is 58.7 cm³/mol. The van der Waals surface area contributed by atoms with Crippen LogP contribution in [-0.4, -0.2) is 39.4 Å². The molecule has 4 nitrogen and oxygen atoms in total. The highest BCUT2D eigenvalue weighted by atomic mass is 79.9. The van der Waals surface area contributed by atoms with Crippen molar-refractivity contribution in [3.8, 4) is 0 Å². The van der Waals surface area contributed by atoms with Gasteiger partial charge < -0.3 is 4.90 Å². The zero-order chi connectivity index (χ0) is 10.6. The third-order valence-electron chi connectivity index (χ3n) is 2.08. The Morgan fingerprint density at radius 1 is 1.71 bits per heavy atom. The van der Waals surface area contributed by atoms with Gasteiger partial charge in [-0.3, -0.25) is 9.89 Å². The molecular weight excluding hydrogens is 246 g/mol. The minimum absolute atomic E-state index is 0.0400. The average Bonchev–Trinajstić information content (AvgIpc) is 2.59. The Kier molecular flexibility index (Phi) is 4.13. The maximum absolute atomic E-state index is 11.9. The van der Waals surface area contributed by atoms with E-state index in [-0.39, 0.29) is 5.91 Å². The minimum atomic E-state index is 0.0400. The van der Waals surface area contributed by atoms with Gasteiger partial charge in [-0.05, 0) is 13.8 Å². The Balaban J connectivity index is 2.78. The number of carbonyl (C=O) groups excluding carboxylic acids is 1. The van der Waals surface area contributed by atoms with E-state index in [1.807, 2.05) is 13.8 Å². The summed E-state index contributed by atoms with van der Waals surface area (Å²) in [7, 11) is 0. The highest BCUT2D eigenvalue weighted by Crippen LogP contribution is 2.07. The number of hydrogen-bond donors (Lipinski definition) is 1. The Labute approximate surface area is 91.8 Å². The molecular formula is C9H14BrN3O. The highest BCUT2D eigenvalue weighted by Gasteiger charge is 2.16. The largest absolute Gasteiger partial charge is 0.338 e. The van der Waals surface area contributed by atoms with Crippen molar-refractivity contribution in [3.05, 3.63) is 17.5 Å². The van der Waals surface area contributed by atoms with Gasteiger partial charge in [-0.15, -0.1) is 0 Å². The van der Waals surface area contributed by atoms with Crippen molar-refractivity contribution in [2.75, 3.05) is 18.4 Å². The van der Waals surface area contributed by atoms with Crippen molar-refractivity contribution in [3.63, 3.8) is 0 Å². The molecule has 0 aliphatic heterocycles. The van der Waals surface area contributed by atoms with Crippen molar-refractivity contribution in [2.24, 2.45) is 0 Å². The first-order chi connectivity index (χ1) is 6.70. The van der Waals surface area contributed by atoms with E-state index in [9.17, 15) is 4.79 Å². The van der Waals surface area contributed by atoms with Gasteiger partial charge in [0.2, 0.25) is 0 Å². The van der Waals surface area contributed by atoms with Crippen molar-refractivity contribution in [1.29, 1.82) is 0 Å². The van der Waals surface area contributed by atoms with Crippen LogP contribution in [0.3, 0.4) is 0 Å². The van der Waals surface area contributed by atoms with Gasteiger partial charge >= 0.3 is 0 Å². The topological polar surface area (TPSA) is 49.0 Å². The van der Waals surface area contributed by atoms with Crippen molar-refractivity contribution >= 4 is 21.8 Å². The first-order valence-electron chi connectivity index (χ1n) is 4.56. The van der Waals surface area contributed by atoms with Gasteiger partial charge in [0.05, 0.1) is 11.8 Å². The molecule has 0 aromatic carbocycles. The summed E-state index contributed by atoms with van der Waals surface area (Å²) in [6.45, 7) is 5.26. The van der Waals surface area contributed by atoms with Crippen molar-refractivity contribution < 1.29 is 4.79 Å². The summed E-state index contributed by atoms with van der Waals surface area (Å²) in [6, 6.07) is 0. The summed E-state index contributed by atoms with van der Waals surface area (Å²) in [4.78, 5) is 13.7. The van der Waals surface area contributed by atoms with E-state index in [0.717, 1.165) is 24.1 Å². The molecule has 0 saturated carbocycles. The van der Waals surface area contributed by atoms with Crippen LogP contribution in [0.25, 0.3) is 0 Å². The van der Waals surface area contributed by atoms with E-state index in [4.69, 9.17) is 0 Å². The summed E-state index contributed by atoms with van der Waals surface area (Å²) in [5.74, 6) is 0.0400. The molecule has 5 heteroatoms.